The van der Waals surface area contributed by atoms with Crippen LogP contribution in [0.25, 0.3) is 0 Å². The molecule has 1 aliphatic rings. The van der Waals surface area contributed by atoms with Crippen molar-refractivity contribution in [3.8, 4) is 6.01 Å². The van der Waals surface area contributed by atoms with E-state index in [1.807, 2.05) is 11.6 Å². The number of ether oxygens (including phenoxy) is 1. The fraction of sp³-hybridized carbons (Fsp3) is 0.688. The third kappa shape index (κ3) is 3.35. The summed E-state index contributed by atoms with van der Waals surface area (Å²) >= 11 is 0. The number of aromatic nitrogens is 6. The lowest BCUT2D eigenvalue weighted by Gasteiger charge is -2.31. The number of hydrogen-bond acceptors (Lipinski definition) is 6. The topological polar surface area (TPSA) is 91.0 Å². The Morgan fingerprint density at radius 1 is 1.28 bits per heavy atom. The van der Waals surface area contributed by atoms with E-state index in [4.69, 9.17) is 4.74 Å². The first-order valence-corrected chi connectivity index (χ1v) is 8.60. The highest BCUT2D eigenvalue weighted by Gasteiger charge is 2.33. The van der Waals surface area contributed by atoms with Crippen LogP contribution >= 0.6 is 0 Å². The summed E-state index contributed by atoms with van der Waals surface area (Å²) in [4.78, 5) is 23.3. The van der Waals surface area contributed by atoms with Crippen molar-refractivity contribution in [3.63, 3.8) is 0 Å². The van der Waals surface area contributed by atoms with Crippen molar-refractivity contribution in [1.29, 1.82) is 0 Å². The fourth-order valence-electron chi connectivity index (χ4n) is 2.98. The molecule has 0 unspecified atom stereocenters. The molecule has 0 saturated carbocycles. The van der Waals surface area contributed by atoms with E-state index in [-0.39, 0.29) is 17.8 Å². The van der Waals surface area contributed by atoms with Crippen LogP contribution in [0.2, 0.25) is 0 Å². The number of aryl methyl sites for hydroxylation is 2. The zero-order valence-corrected chi connectivity index (χ0v) is 15.4. The van der Waals surface area contributed by atoms with Crippen LogP contribution in [0, 0.1) is 5.92 Å². The Bertz CT molecular complexity index is 765. The van der Waals surface area contributed by atoms with E-state index < -0.39 is 0 Å². The molecule has 0 radical (unpaired) electrons. The molecule has 0 bridgehead atoms. The summed E-state index contributed by atoms with van der Waals surface area (Å²) in [6.07, 6.45) is 1.91. The second-order valence-corrected chi connectivity index (χ2v) is 6.76. The number of hydrogen-bond donors (Lipinski definition) is 0. The predicted octanol–water partition coefficient (Wildman–Crippen LogP) is 1.22. The number of rotatable bonds is 5. The summed E-state index contributed by atoms with van der Waals surface area (Å²) in [7, 11) is 3.20. The zero-order valence-electron chi connectivity index (χ0n) is 15.4. The molecule has 2 aromatic heterocycles. The second kappa shape index (κ2) is 6.81. The van der Waals surface area contributed by atoms with Crippen molar-refractivity contribution in [2.75, 3.05) is 13.7 Å². The summed E-state index contributed by atoms with van der Waals surface area (Å²) in [5.41, 5.74) is 0. The normalized spacial score (nSPS) is 17.0. The van der Waals surface area contributed by atoms with Crippen LogP contribution in [0.3, 0.4) is 0 Å². The highest BCUT2D eigenvalue weighted by atomic mass is 16.5. The van der Waals surface area contributed by atoms with Crippen molar-refractivity contribution in [2.24, 2.45) is 13.0 Å². The molecule has 0 saturated heterocycles. The lowest BCUT2D eigenvalue weighted by atomic mass is 10.1. The summed E-state index contributed by atoms with van der Waals surface area (Å²) in [6.45, 7) is 7.52. The van der Waals surface area contributed by atoms with E-state index in [1.54, 1.807) is 11.9 Å². The summed E-state index contributed by atoms with van der Waals surface area (Å²) in [5.74, 6) is 2.20. The minimum absolute atomic E-state index is 0.138. The van der Waals surface area contributed by atoms with Crippen LogP contribution in [-0.4, -0.2) is 54.0 Å². The molecule has 0 aliphatic carbocycles. The molecule has 1 amide bonds. The van der Waals surface area contributed by atoms with Gasteiger partial charge in [0, 0.05) is 20.0 Å². The number of methoxy groups -OCH3 is 1. The van der Waals surface area contributed by atoms with Crippen molar-refractivity contribution < 1.29 is 9.53 Å². The average Bonchev–Trinajstić information content (AvgIpc) is 3.16. The van der Waals surface area contributed by atoms with Gasteiger partial charge in [-0.3, -0.25) is 4.79 Å². The van der Waals surface area contributed by atoms with E-state index in [9.17, 15) is 4.79 Å². The summed E-state index contributed by atoms with van der Waals surface area (Å²) in [5, 5.41) is 8.73. The van der Waals surface area contributed by atoms with Crippen molar-refractivity contribution in [3.05, 3.63) is 17.5 Å². The van der Waals surface area contributed by atoms with Gasteiger partial charge in [0.05, 0.1) is 19.7 Å². The first-order valence-electron chi connectivity index (χ1n) is 8.60. The van der Waals surface area contributed by atoms with Crippen LogP contribution in [0.4, 0.5) is 0 Å². The molecule has 1 atom stereocenters. The van der Waals surface area contributed by atoms with Gasteiger partial charge in [0.1, 0.15) is 5.82 Å². The first kappa shape index (κ1) is 17.4. The van der Waals surface area contributed by atoms with Gasteiger partial charge in [0.15, 0.2) is 5.82 Å². The van der Waals surface area contributed by atoms with Gasteiger partial charge in [-0.25, -0.2) is 14.3 Å². The zero-order chi connectivity index (χ0) is 18.1. The largest absolute Gasteiger partial charge is 0.467 e. The number of amides is 1. The lowest BCUT2D eigenvalue weighted by Crippen LogP contribution is -2.42. The Morgan fingerprint density at radius 3 is 2.68 bits per heavy atom. The van der Waals surface area contributed by atoms with Crippen molar-refractivity contribution >= 4 is 5.91 Å². The predicted molar refractivity (Wildman–Crippen MR) is 90.2 cm³/mol. The maximum absolute atomic E-state index is 12.8. The first-order chi connectivity index (χ1) is 11.9. The van der Waals surface area contributed by atoms with Gasteiger partial charge in [-0.2, -0.15) is 10.1 Å². The van der Waals surface area contributed by atoms with Gasteiger partial charge in [-0.05, 0) is 19.3 Å². The highest BCUT2D eigenvalue weighted by Crippen LogP contribution is 2.25. The molecule has 9 nitrogen and oxygen atoms in total. The Labute approximate surface area is 147 Å². The molecule has 0 fully saturated rings. The van der Waals surface area contributed by atoms with Gasteiger partial charge in [0.25, 0.3) is 5.91 Å². The average molecular weight is 347 g/mol. The van der Waals surface area contributed by atoms with Crippen molar-refractivity contribution in [2.45, 2.75) is 46.2 Å². The summed E-state index contributed by atoms with van der Waals surface area (Å²) in [6, 6.07) is 0.142. The number of nitrogens with zero attached hydrogens (tertiary/aromatic N) is 7. The van der Waals surface area contributed by atoms with Crippen molar-refractivity contribution in [1.82, 2.24) is 34.4 Å². The van der Waals surface area contributed by atoms with Crippen LogP contribution in [0.5, 0.6) is 6.01 Å². The molecule has 0 N–H and O–H groups in total. The van der Waals surface area contributed by atoms with Crippen LogP contribution in [0.15, 0.2) is 0 Å². The van der Waals surface area contributed by atoms with E-state index in [2.05, 4.69) is 34.0 Å². The summed E-state index contributed by atoms with van der Waals surface area (Å²) < 4.78 is 8.45. The molecule has 1 aliphatic heterocycles. The van der Waals surface area contributed by atoms with Crippen LogP contribution in [0.1, 0.15) is 55.5 Å². The molecular formula is C16H25N7O2. The molecule has 2 aromatic rings. The fourth-order valence-corrected chi connectivity index (χ4v) is 2.98. The molecule has 136 valence electrons. The number of carbonyl (C=O) groups excluding carboxylic acids is 1. The molecule has 0 spiro atoms. The van der Waals surface area contributed by atoms with Gasteiger partial charge in [-0.15, -0.1) is 5.10 Å². The van der Waals surface area contributed by atoms with Gasteiger partial charge < -0.3 is 9.64 Å². The van der Waals surface area contributed by atoms with Gasteiger partial charge >= 0.3 is 6.01 Å². The van der Waals surface area contributed by atoms with Gasteiger partial charge in [0.2, 0.25) is 5.82 Å². The Kier molecular flexibility index (Phi) is 4.73. The molecule has 0 aromatic carbocycles. The minimum Gasteiger partial charge on any atom is -0.467 e. The molecule has 9 heteroatoms. The third-order valence-corrected chi connectivity index (χ3v) is 4.44. The van der Waals surface area contributed by atoms with E-state index in [0.29, 0.717) is 25.0 Å². The maximum atomic E-state index is 12.8. The van der Waals surface area contributed by atoms with Crippen LogP contribution < -0.4 is 4.74 Å². The molecule has 25 heavy (non-hydrogen) atoms. The lowest BCUT2D eigenvalue weighted by molar-refractivity contribution is 0.0617. The maximum Gasteiger partial charge on any atom is 0.314 e. The van der Waals surface area contributed by atoms with E-state index in [0.717, 1.165) is 24.5 Å². The van der Waals surface area contributed by atoms with E-state index in [1.165, 1.54) is 11.8 Å². The Morgan fingerprint density at radius 2 is 2.04 bits per heavy atom. The SMILES string of the molecule is COc1nc(C(=O)N2CCn3nc(CCC(C)C)nc3[C@H]2C)nn1C. The second-order valence-electron chi connectivity index (χ2n) is 6.76. The molecule has 3 rings (SSSR count). The number of fused-ring (bicyclic) bond motifs is 1. The smallest absolute Gasteiger partial charge is 0.314 e. The number of carbonyl (C=O) groups is 1. The Hall–Kier alpha value is -2.45. The van der Waals surface area contributed by atoms with Gasteiger partial charge in [-0.1, -0.05) is 13.8 Å². The highest BCUT2D eigenvalue weighted by molar-refractivity contribution is 5.90. The standard InChI is InChI=1S/C16H25N7O2/c1-10(2)6-7-12-17-14-11(3)22(8-9-23(14)19-12)15(24)13-18-16(25-5)21(4)20-13/h10-11H,6-9H2,1-5H3/t11-/m1/s1. The molecular weight excluding hydrogens is 322 g/mol. The monoisotopic (exact) mass is 347 g/mol. The van der Waals surface area contributed by atoms with Crippen LogP contribution in [-0.2, 0) is 20.0 Å². The minimum atomic E-state index is -0.218. The van der Waals surface area contributed by atoms with E-state index >= 15 is 0 Å². The third-order valence-electron chi connectivity index (χ3n) is 4.44. The quantitative estimate of drug-likeness (QED) is 0.808. The Balaban J connectivity index is 1.78. The molecule has 3 heterocycles.